The minimum atomic E-state index is 0. The van der Waals surface area contributed by atoms with E-state index in [2.05, 4.69) is 0 Å². The molecule has 0 rings (SSSR count). The second-order valence-electron chi connectivity index (χ2n) is 0. The van der Waals surface area contributed by atoms with Gasteiger partial charge in [0.1, 0.15) is 0 Å². The Bertz CT molecular complexity index is 8.04. The van der Waals surface area contributed by atoms with E-state index in [-0.39, 0.29) is 74.8 Å². The molecule has 0 N–H and O–H groups in total. The molecule has 0 bridgehead atoms. The van der Waals surface area contributed by atoms with Crippen LogP contribution in [0, 0.1) is 0 Å². The van der Waals surface area contributed by atoms with Crippen LogP contribution in [0.5, 0.6) is 0 Å². The van der Waals surface area contributed by atoms with Crippen molar-refractivity contribution in [3.05, 3.63) is 0 Å². The summed E-state index contributed by atoms with van der Waals surface area (Å²) in [6.07, 6.45) is 0. The fraction of sp³-hybridized carbons (Fsp3) is 0. The summed E-state index contributed by atoms with van der Waals surface area (Å²) in [6, 6.07) is 0. The van der Waals surface area contributed by atoms with Crippen LogP contribution in [-0.4, -0.2) is 0 Å². The van der Waals surface area contributed by atoms with Gasteiger partial charge in [-0.05, 0) is 0 Å². The van der Waals surface area contributed by atoms with Gasteiger partial charge >= 0.3 is 51.3 Å². The zero-order valence-electron chi connectivity index (χ0n) is 3.39. The molecule has 0 aromatic heterocycles. The molecule has 0 saturated carbocycles. The molecule has 0 atom stereocenters. The first-order chi connectivity index (χ1) is 0. The van der Waals surface area contributed by atoms with E-state index in [1.807, 2.05) is 0 Å². The van der Waals surface area contributed by atoms with Gasteiger partial charge in [-0.25, -0.2) is 0 Å². The number of hydrogen-bond acceptors (Lipinski definition) is 0. The zero-order chi connectivity index (χ0) is 0. The second-order valence-corrected chi connectivity index (χ2v) is 0. The Morgan fingerprint density at radius 1 is 0.429 bits per heavy atom. The Labute approximate surface area is 74.4 Å². The van der Waals surface area contributed by atoms with E-state index in [1.54, 1.807) is 0 Å². The van der Waals surface area contributed by atoms with Gasteiger partial charge in [0.25, 0.3) is 0 Å². The van der Waals surface area contributed by atoms with E-state index in [9.17, 15) is 0 Å². The molecule has 0 spiro atoms. The maximum atomic E-state index is 0. The quantitative estimate of drug-likeness (QED) is 0.247. The van der Waals surface area contributed by atoms with E-state index in [1.165, 1.54) is 0 Å². The molecule has 0 heterocycles. The van der Waals surface area contributed by atoms with Crippen LogP contribution >= 0.6 is 0 Å². The summed E-state index contributed by atoms with van der Waals surface area (Å²) < 4.78 is 0. The predicted octanol–water partition coefficient (Wildman–Crippen LogP) is -18.0. The van der Waals surface area contributed by atoms with Gasteiger partial charge in [-0.3, -0.25) is 0 Å². The summed E-state index contributed by atoms with van der Waals surface area (Å²) in [7, 11) is 0. The van der Waals surface area contributed by atoms with Crippen molar-refractivity contribution < 1.29 is 74.8 Å². The molecule has 7 heavy (non-hydrogen) atoms. The largest absolute Gasteiger partial charge is 4.00 e. The van der Waals surface area contributed by atoms with Crippen molar-refractivity contribution in [2.75, 3.05) is 0 Å². The van der Waals surface area contributed by atoms with Crippen LogP contribution in [0.2, 0.25) is 0 Å². The van der Waals surface area contributed by atoms with Crippen molar-refractivity contribution in [2.45, 2.75) is 0 Å². The van der Waals surface area contributed by atoms with Gasteiger partial charge in [-0.1, -0.05) is 0 Å². The van der Waals surface area contributed by atoms with Gasteiger partial charge in [0.2, 0.25) is 0 Å². The fourth-order valence-electron chi connectivity index (χ4n) is 0. The summed E-state index contributed by atoms with van der Waals surface area (Å²) in [5, 5.41) is 0. The topological polar surface area (TPSA) is 0 Å². The average molecular weight is 166 g/mol. The molecule has 0 fully saturated rings. The SMILES string of the molecule is [F-].[F-].[F-].[F-].[F-].[Na+].[Ti+4]. The molecule has 0 aromatic rings. The monoisotopic (exact) mass is 166 g/mol. The maximum absolute atomic E-state index is 0. The third-order valence-electron chi connectivity index (χ3n) is 0. The summed E-state index contributed by atoms with van der Waals surface area (Å²) >= 11 is 0. The van der Waals surface area contributed by atoms with Crippen LogP contribution in [0.25, 0.3) is 0 Å². The molecule has 0 aliphatic carbocycles. The molecular weight excluding hydrogens is 166 g/mol. The normalized spacial score (nSPS) is 0. The average Bonchev–Trinajstić information content (AvgIpc) is 0. The molecule has 0 unspecified atom stereocenters. The maximum Gasteiger partial charge on any atom is 4.00 e. The summed E-state index contributed by atoms with van der Waals surface area (Å²) in [6.45, 7) is 0. The second kappa shape index (κ2) is 160. The van der Waals surface area contributed by atoms with E-state index in [4.69, 9.17) is 0 Å². The van der Waals surface area contributed by atoms with Gasteiger partial charge in [-0.2, -0.15) is 0 Å². The van der Waals surface area contributed by atoms with E-state index in [0.717, 1.165) is 0 Å². The fourth-order valence-corrected chi connectivity index (χ4v) is 0. The van der Waals surface area contributed by atoms with Crippen LogP contribution < -0.4 is 53.1 Å². The smallest absolute Gasteiger partial charge is 1.00 e. The molecule has 0 saturated heterocycles. The molecule has 0 radical (unpaired) electrons. The van der Waals surface area contributed by atoms with Crippen LogP contribution in [0.3, 0.4) is 0 Å². The first-order valence-electron chi connectivity index (χ1n) is 0. The van der Waals surface area contributed by atoms with E-state index < -0.39 is 0 Å². The zero-order valence-corrected chi connectivity index (χ0v) is 6.95. The number of halogens is 5. The molecule has 40 valence electrons. The van der Waals surface area contributed by atoms with Crippen LogP contribution in [0.1, 0.15) is 0 Å². The van der Waals surface area contributed by atoms with Crippen LogP contribution in [0.15, 0.2) is 0 Å². The van der Waals surface area contributed by atoms with Crippen LogP contribution in [0.4, 0.5) is 0 Å². The van der Waals surface area contributed by atoms with Gasteiger partial charge < -0.3 is 23.5 Å². The van der Waals surface area contributed by atoms with Gasteiger partial charge in [0, 0.05) is 0 Å². The Hall–Kier alpha value is 1.36. The Balaban J connectivity index is 0. The summed E-state index contributed by atoms with van der Waals surface area (Å²) in [4.78, 5) is 0. The Morgan fingerprint density at radius 3 is 0.429 bits per heavy atom. The minimum Gasteiger partial charge on any atom is -1.00 e. The standard InChI is InChI=1S/5FH.Na.Ti/h5*1H;;/q;;;;;+1;+4/p-5. The molecular formula is F5NaTi. The molecule has 0 amide bonds. The predicted molar refractivity (Wildman–Crippen MR) is 0 cm³/mol. The summed E-state index contributed by atoms with van der Waals surface area (Å²) in [5.74, 6) is 0. The molecule has 0 aliphatic rings. The third kappa shape index (κ3) is 114. The van der Waals surface area contributed by atoms with Gasteiger partial charge in [-0.15, -0.1) is 0 Å². The van der Waals surface area contributed by atoms with Crippen molar-refractivity contribution in [2.24, 2.45) is 0 Å². The van der Waals surface area contributed by atoms with Crippen molar-refractivity contribution >= 4 is 0 Å². The summed E-state index contributed by atoms with van der Waals surface area (Å²) in [5.41, 5.74) is 0. The third-order valence-corrected chi connectivity index (χ3v) is 0. The van der Waals surface area contributed by atoms with Crippen molar-refractivity contribution in [3.8, 4) is 0 Å². The first-order valence-corrected chi connectivity index (χ1v) is 0. The first kappa shape index (κ1) is 244. The number of rotatable bonds is 0. The molecule has 0 aromatic carbocycles. The van der Waals surface area contributed by atoms with Crippen molar-refractivity contribution in [3.63, 3.8) is 0 Å². The van der Waals surface area contributed by atoms with E-state index >= 15 is 0 Å². The van der Waals surface area contributed by atoms with Crippen LogP contribution in [-0.2, 0) is 21.7 Å². The van der Waals surface area contributed by atoms with E-state index in [0.29, 0.717) is 0 Å². The van der Waals surface area contributed by atoms with Crippen molar-refractivity contribution in [1.82, 2.24) is 0 Å². The van der Waals surface area contributed by atoms with Gasteiger partial charge in [0.05, 0.1) is 0 Å². The molecule has 7 heteroatoms. The molecule has 0 nitrogen and oxygen atoms in total. The van der Waals surface area contributed by atoms with Crippen molar-refractivity contribution in [1.29, 1.82) is 0 Å². The minimum absolute atomic E-state index is 0. The molecule has 0 aliphatic heterocycles. The Morgan fingerprint density at radius 2 is 0.429 bits per heavy atom. The van der Waals surface area contributed by atoms with Gasteiger partial charge in [0.15, 0.2) is 0 Å². The number of hydrogen-bond donors (Lipinski definition) is 0. The Kier molecular flexibility index (Phi) is 5580.